The van der Waals surface area contributed by atoms with Crippen LogP contribution in [-0.2, 0) is 4.74 Å². The Labute approximate surface area is 94.5 Å². The van der Waals surface area contributed by atoms with E-state index in [0.29, 0.717) is 12.1 Å². The van der Waals surface area contributed by atoms with Crippen LogP contribution in [0.15, 0.2) is 29.3 Å². The quantitative estimate of drug-likeness (QED) is 0.710. The van der Waals surface area contributed by atoms with Gasteiger partial charge in [-0.2, -0.15) is 0 Å². The maximum Gasteiger partial charge on any atom is 0.338 e. The molecule has 0 N–H and O–H groups in total. The van der Waals surface area contributed by atoms with E-state index in [-0.39, 0.29) is 5.97 Å². The summed E-state index contributed by atoms with van der Waals surface area (Å²) in [5, 5.41) is 0. The molecule has 0 radical (unpaired) electrons. The van der Waals surface area contributed by atoms with Crippen LogP contribution in [-0.4, -0.2) is 25.8 Å². The fraction of sp³-hybridized carbons (Fsp3) is 0.231. The zero-order chi connectivity index (χ0) is 11.5. The van der Waals surface area contributed by atoms with Gasteiger partial charge in [-0.15, -0.1) is 0 Å². The lowest BCUT2D eigenvalue weighted by Gasteiger charge is -2.09. The number of carbonyl (C=O) groups excluding carboxylic acids is 1. The number of aryl methyl sites for hydroxylation is 1. The summed E-state index contributed by atoms with van der Waals surface area (Å²) in [5.41, 5.74) is 3.62. The normalized spacial score (nSPS) is 13.8. The molecule has 1 aromatic rings. The SMILES string of the molecule is COC(=O)c1cc(C)ccc1C1=CC=NC1. The standard InChI is InChI=1S/C13H13NO2/c1-9-3-4-11(10-5-6-14-8-10)12(7-9)13(15)16-2/h3-7H,8H2,1-2H3. The number of allylic oxidation sites excluding steroid dienone is 1. The number of ether oxygens (including phenoxy) is 1. The zero-order valence-corrected chi connectivity index (χ0v) is 9.36. The predicted octanol–water partition coefficient (Wildman–Crippen LogP) is 2.25. The number of nitrogens with zero attached hydrogens (tertiary/aromatic N) is 1. The highest BCUT2D eigenvalue weighted by atomic mass is 16.5. The first-order valence-electron chi connectivity index (χ1n) is 5.10. The molecule has 0 aromatic heterocycles. The third-order valence-electron chi connectivity index (χ3n) is 2.57. The van der Waals surface area contributed by atoms with Crippen LogP contribution in [0.25, 0.3) is 5.57 Å². The molecular formula is C13H13NO2. The van der Waals surface area contributed by atoms with Gasteiger partial charge in [-0.25, -0.2) is 4.79 Å². The van der Waals surface area contributed by atoms with Gasteiger partial charge in [-0.1, -0.05) is 17.7 Å². The summed E-state index contributed by atoms with van der Waals surface area (Å²) in [4.78, 5) is 15.8. The van der Waals surface area contributed by atoms with E-state index in [1.807, 2.05) is 31.2 Å². The van der Waals surface area contributed by atoms with Gasteiger partial charge in [0.05, 0.1) is 19.2 Å². The molecule has 82 valence electrons. The highest BCUT2D eigenvalue weighted by molar-refractivity contribution is 5.99. The zero-order valence-electron chi connectivity index (χ0n) is 9.36. The first-order valence-corrected chi connectivity index (χ1v) is 5.10. The Balaban J connectivity index is 2.48. The topological polar surface area (TPSA) is 38.7 Å². The first kappa shape index (κ1) is 10.6. The molecule has 0 saturated carbocycles. The van der Waals surface area contributed by atoms with Gasteiger partial charge in [0.1, 0.15) is 0 Å². The fourth-order valence-corrected chi connectivity index (χ4v) is 1.74. The molecule has 2 rings (SSSR count). The van der Waals surface area contributed by atoms with Crippen molar-refractivity contribution in [3.05, 3.63) is 41.0 Å². The number of hydrogen-bond acceptors (Lipinski definition) is 3. The molecule has 0 fully saturated rings. The highest BCUT2D eigenvalue weighted by Gasteiger charge is 2.15. The summed E-state index contributed by atoms with van der Waals surface area (Å²) in [6.07, 6.45) is 3.69. The van der Waals surface area contributed by atoms with E-state index in [9.17, 15) is 4.79 Å². The summed E-state index contributed by atoms with van der Waals surface area (Å²) in [7, 11) is 1.40. The van der Waals surface area contributed by atoms with Crippen molar-refractivity contribution < 1.29 is 9.53 Å². The second-order valence-electron chi connectivity index (χ2n) is 3.72. The molecule has 16 heavy (non-hydrogen) atoms. The van der Waals surface area contributed by atoms with Crippen LogP contribution in [0.4, 0.5) is 0 Å². The van der Waals surface area contributed by atoms with Crippen molar-refractivity contribution in [3.63, 3.8) is 0 Å². The van der Waals surface area contributed by atoms with Crippen LogP contribution < -0.4 is 0 Å². The lowest BCUT2D eigenvalue weighted by molar-refractivity contribution is 0.0600. The molecule has 0 unspecified atom stereocenters. The van der Waals surface area contributed by atoms with Crippen LogP contribution in [0.2, 0.25) is 0 Å². The largest absolute Gasteiger partial charge is 0.465 e. The number of methoxy groups -OCH3 is 1. The van der Waals surface area contributed by atoms with E-state index in [1.54, 1.807) is 6.21 Å². The summed E-state index contributed by atoms with van der Waals surface area (Å²) >= 11 is 0. The Hall–Kier alpha value is -1.90. The van der Waals surface area contributed by atoms with Gasteiger partial charge >= 0.3 is 5.97 Å². The van der Waals surface area contributed by atoms with Crippen LogP contribution in [0.5, 0.6) is 0 Å². The Bertz CT molecular complexity index is 487. The smallest absolute Gasteiger partial charge is 0.338 e. The van der Waals surface area contributed by atoms with E-state index in [2.05, 4.69) is 4.99 Å². The Morgan fingerprint density at radius 1 is 1.44 bits per heavy atom. The van der Waals surface area contributed by atoms with E-state index >= 15 is 0 Å². The summed E-state index contributed by atoms with van der Waals surface area (Å²) in [6.45, 7) is 2.59. The lowest BCUT2D eigenvalue weighted by atomic mass is 9.98. The highest BCUT2D eigenvalue weighted by Crippen LogP contribution is 2.23. The molecule has 3 nitrogen and oxygen atoms in total. The maximum absolute atomic E-state index is 11.7. The minimum Gasteiger partial charge on any atom is -0.465 e. The van der Waals surface area contributed by atoms with Gasteiger partial charge < -0.3 is 4.74 Å². The van der Waals surface area contributed by atoms with Gasteiger partial charge in [0, 0.05) is 6.21 Å². The van der Waals surface area contributed by atoms with Crippen molar-refractivity contribution >= 4 is 17.8 Å². The monoisotopic (exact) mass is 215 g/mol. The fourth-order valence-electron chi connectivity index (χ4n) is 1.74. The molecule has 0 bridgehead atoms. The Kier molecular flexibility index (Phi) is 2.86. The van der Waals surface area contributed by atoms with Crippen molar-refractivity contribution in [2.45, 2.75) is 6.92 Å². The molecule has 0 atom stereocenters. The summed E-state index contributed by atoms with van der Waals surface area (Å²) in [5.74, 6) is -0.300. The third-order valence-corrected chi connectivity index (χ3v) is 2.57. The Morgan fingerprint density at radius 2 is 2.25 bits per heavy atom. The van der Waals surface area contributed by atoms with Crippen LogP contribution in [0.3, 0.4) is 0 Å². The molecular weight excluding hydrogens is 202 g/mol. The van der Waals surface area contributed by atoms with E-state index in [4.69, 9.17) is 4.74 Å². The van der Waals surface area contributed by atoms with Crippen molar-refractivity contribution in [1.29, 1.82) is 0 Å². The number of rotatable bonds is 2. The summed E-state index contributed by atoms with van der Waals surface area (Å²) in [6, 6.07) is 5.78. The van der Waals surface area contributed by atoms with Gasteiger partial charge in [0.2, 0.25) is 0 Å². The second kappa shape index (κ2) is 4.31. The minimum absolute atomic E-state index is 0.300. The molecule has 1 aromatic carbocycles. The minimum atomic E-state index is -0.300. The number of aliphatic imine (C=N–C) groups is 1. The average Bonchev–Trinajstić information content (AvgIpc) is 2.81. The van der Waals surface area contributed by atoms with Gasteiger partial charge in [-0.3, -0.25) is 4.99 Å². The number of carbonyl (C=O) groups is 1. The maximum atomic E-state index is 11.7. The van der Waals surface area contributed by atoms with Crippen LogP contribution in [0.1, 0.15) is 21.5 Å². The molecule has 0 saturated heterocycles. The number of esters is 1. The van der Waals surface area contributed by atoms with Crippen molar-refractivity contribution in [1.82, 2.24) is 0 Å². The van der Waals surface area contributed by atoms with Crippen molar-refractivity contribution in [2.75, 3.05) is 13.7 Å². The lowest BCUT2D eigenvalue weighted by Crippen LogP contribution is -2.06. The van der Waals surface area contributed by atoms with E-state index < -0.39 is 0 Å². The van der Waals surface area contributed by atoms with Crippen molar-refractivity contribution in [3.8, 4) is 0 Å². The van der Waals surface area contributed by atoms with Crippen LogP contribution >= 0.6 is 0 Å². The molecule has 1 aliphatic rings. The first-order chi connectivity index (χ1) is 7.72. The molecule has 1 heterocycles. The molecule has 3 heteroatoms. The molecule has 0 amide bonds. The molecule has 0 spiro atoms. The van der Waals surface area contributed by atoms with Crippen molar-refractivity contribution in [2.24, 2.45) is 4.99 Å². The Morgan fingerprint density at radius 3 is 2.88 bits per heavy atom. The molecule has 0 aliphatic carbocycles. The van der Waals surface area contributed by atoms with Crippen LogP contribution in [0, 0.1) is 6.92 Å². The predicted molar refractivity (Wildman–Crippen MR) is 63.9 cm³/mol. The summed E-state index contributed by atoms with van der Waals surface area (Å²) < 4.78 is 4.78. The number of benzene rings is 1. The second-order valence-corrected chi connectivity index (χ2v) is 3.72. The third kappa shape index (κ3) is 1.89. The van der Waals surface area contributed by atoms with E-state index in [1.165, 1.54) is 7.11 Å². The average molecular weight is 215 g/mol. The number of hydrogen-bond donors (Lipinski definition) is 0. The van der Waals surface area contributed by atoms with E-state index in [0.717, 1.165) is 16.7 Å². The molecule has 1 aliphatic heterocycles. The van der Waals surface area contributed by atoms with Gasteiger partial charge in [0.25, 0.3) is 0 Å². The van der Waals surface area contributed by atoms with Gasteiger partial charge in [0.15, 0.2) is 0 Å². The van der Waals surface area contributed by atoms with Gasteiger partial charge in [-0.05, 0) is 30.2 Å².